The summed E-state index contributed by atoms with van der Waals surface area (Å²) in [6, 6.07) is 10.1. The van der Waals surface area contributed by atoms with Crippen molar-refractivity contribution in [2.24, 2.45) is 0 Å². The monoisotopic (exact) mass is 373 g/mol. The predicted molar refractivity (Wildman–Crippen MR) is 97.4 cm³/mol. The third kappa shape index (κ3) is 3.26. The lowest BCUT2D eigenvalue weighted by atomic mass is 10.2. The molecule has 26 heavy (non-hydrogen) atoms. The SMILES string of the molecule is Nc1nc(SCc2ccccc2)c2ncn([C@H]3O[C@@H](CO)C[C@@H]3O)c2n1. The number of nitrogens with zero attached hydrogens (tertiary/aromatic N) is 4. The molecule has 3 aromatic rings. The molecule has 3 atom stereocenters. The Morgan fingerprint density at radius 3 is 2.81 bits per heavy atom. The van der Waals surface area contributed by atoms with Gasteiger partial charge in [-0.3, -0.25) is 4.57 Å². The Kier molecular flexibility index (Phi) is 4.77. The summed E-state index contributed by atoms with van der Waals surface area (Å²) < 4.78 is 7.35. The van der Waals surface area contributed by atoms with Crippen LogP contribution in [0.1, 0.15) is 18.2 Å². The Hall–Kier alpha value is -2.20. The summed E-state index contributed by atoms with van der Waals surface area (Å²) in [7, 11) is 0. The molecule has 4 rings (SSSR count). The summed E-state index contributed by atoms with van der Waals surface area (Å²) in [6.45, 7) is -0.143. The summed E-state index contributed by atoms with van der Waals surface area (Å²) in [4.78, 5) is 13.0. The van der Waals surface area contributed by atoms with E-state index < -0.39 is 18.4 Å². The Morgan fingerprint density at radius 2 is 2.08 bits per heavy atom. The van der Waals surface area contributed by atoms with Crippen molar-refractivity contribution in [3.8, 4) is 0 Å². The lowest BCUT2D eigenvalue weighted by Crippen LogP contribution is -2.19. The highest BCUT2D eigenvalue weighted by atomic mass is 32.2. The third-order valence-electron chi connectivity index (χ3n) is 4.27. The minimum Gasteiger partial charge on any atom is -0.394 e. The molecule has 0 saturated carbocycles. The van der Waals surface area contributed by atoms with E-state index >= 15 is 0 Å². The largest absolute Gasteiger partial charge is 0.394 e. The number of anilines is 1. The number of aliphatic hydroxyl groups is 2. The normalized spacial score (nSPS) is 22.9. The van der Waals surface area contributed by atoms with Crippen molar-refractivity contribution in [1.29, 1.82) is 0 Å². The van der Waals surface area contributed by atoms with E-state index in [0.717, 1.165) is 5.75 Å². The van der Waals surface area contributed by atoms with E-state index in [0.29, 0.717) is 22.6 Å². The van der Waals surface area contributed by atoms with Gasteiger partial charge in [0.15, 0.2) is 11.9 Å². The van der Waals surface area contributed by atoms with Gasteiger partial charge in [0.1, 0.15) is 16.6 Å². The van der Waals surface area contributed by atoms with Gasteiger partial charge >= 0.3 is 0 Å². The van der Waals surface area contributed by atoms with Crippen molar-refractivity contribution in [1.82, 2.24) is 19.5 Å². The van der Waals surface area contributed by atoms with E-state index in [9.17, 15) is 10.2 Å². The number of aliphatic hydroxyl groups excluding tert-OH is 2. The van der Waals surface area contributed by atoms with Crippen molar-refractivity contribution in [2.45, 2.75) is 35.6 Å². The molecule has 136 valence electrons. The minimum atomic E-state index is -0.749. The molecule has 3 heterocycles. The second-order valence-electron chi connectivity index (χ2n) is 6.12. The number of benzene rings is 1. The van der Waals surface area contributed by atoms with Crippen LogP contribution >= 0.6 is 11.8 Å². The average Bonchev–Trinajstić information content (AvgIpc) is 3.23. The molecule has 0 radical (unpaired) electrons. The fraction of sp³-hybridized carbons (Fsp3) is 0.353. The van der Waals surface area contributed by atoms with Crippen LogP contribution in [-0.2, 0) is 10.5 Å². The summed E-state index contributed by atoms with van der Waals surface area (Å²) in [5.41, 5.74) is 8.18. The number of imidazole rings is 1. The first kappa shape index (κ1) is 17.2. The number of hydrogen-bond donors (Lipinski definition) is 3. The van der Waals surface area contributed by atoms with Gasteiger partial charge in [-0.1, -0.05) is 42.1 Å². The first-order valence-electron chi connectivity index (χ1n) is 8.27. The Morgan fingerprint density at radius 1 is 1.27 bits per heavy atom. The summed E-state index contributed by atoms with van der Waals surface area (Å²) >= 11 is 1.53. The summed E-state index contributed by atoms with van der Waals surface area (Å²) in [5.74, 6) is 0.870. The first-order chi connectivity index (χ1) is 12.7. The Labute approximate surface area is 154 Å². The summed E-state index contributed by atoms with van der Waals surface area (Å²) in [5, 5.41) is 20.2. The van der Waals surface area contributed by atoms with Crippen LogP contribution in [0, 0.1) is 0 Å². The van der Waals surface area contributed by atoms with Crippen LogP contribution in [0.4, 0.5) is 5.95 Å². The number of hydrogen-bond acceptors (Lipinski definition) is 8. The maximum Gasteiger partial charge on any atom is 0.223 e. The zero-order chi connectivity index (χ0) is 18.1. The number of nitrogen functional groups attached to an aromatic ring is 1. The van der Waals surface area contributed by atoms with E-state index in [1.165, 1.54) is 17.3 Å². The molecule has 1 saturated heterocycles. The van der Waals surface area contributed by atoms with Crippen molar-refractivity contribution in [2.75, 3.05) is 12.3 Å². The molecule has 1 fully saturated rings. The van der Waals surface area contributed by atoms with Crippen LogP contribution in [0.15, 0.2) is 41.7 Å². The molecule has 0 aliphatic carbocycles. The fourth-order valence-electron chi connectivity index (χ4n) is 3.02. The molecule has 1 aliphatic heterocycles. The average molecular weight is 373 g/mol. The standard InChI is InChI=1S/C17H19N5O3S/c18-17-20-14-13(15(21-17)26-8-10-4-2-1-3-5-10)19-9-22(14)16-12(24)6-11(7-23)25-16/h1-5,9,11-12,16,23-24H,6-8H2,(H2,18,20,21)/t11-,12+,16+/m1/s1. The van der Waals surface area contributed by atoms with Gasteiger partial charge in [-0.2, -0.15) is 4.98 Å². The molecule has 0 bridgehead atoms. The first-order valence-corrected chi connectivity index (χ1v) is 9.25. The van der Waals surface area contributed by atoms with Crippen LogP contribution in [0.3, 0.4) is 0 Å². The molecule has 2 aromatic heterocycles. The van der Waals surface area contributed by atoms with E-state index in [4.69, 9.17) is 10.5 Å². The Bertz CT molecular complexity index is 904. The molecule has 9 heteroatoms. The van der Waals surface area contributed by atoms with Crippen molar-refractivity contribution < 1.29 is 14.9 Å². The second kappa shape index (κ2) is 7.20. The maximum absolute atomic E-state index is 10.2. The molecule has 0 spiro atoms. The van der Waals surface area contributed by atoms with Crippen molar-refractivity contribution >= 4 is 28.9 Å². The van der Waals surface area contributed by atoms with Gasteiger partial charge in [-0.25, -0.2) is 9.97 Å². The molecule has 0 amide bonds. The van der Waals surface area contributed by atoms with Crippen LogP contribution < -0.4 is 5.73 Å². The van der Waals surface area contributed by atoms with Crippen LogP contribution in [0.5, 0.6) is 0 Å². The number of ether oxygens (including phenoxy) is 1. The van der Waals surface area contributed by atoms with Crippen molar-refractivity contribution in [3.05, 3.63) is 42.2 Å². The predicted octanol–water partition coefficient (Wildman–Crippen LogP) is 1.34. The van der Waals surface area contributed by atoms with Gasteiger partial charge in [-0.05, 0) is 5.56 Å². The number of fused-ring (bicyclic) bond motifs is 1. The topological polar surface area (TPSA) is 119 Å². The quantitative estimate of drug-likeness (QED) is 0.453. The van der Waals surface area contributed by atoms with Gasteiger partial charge in [0.2, 0.25) is 5.95 Å². The number of aromatic nitrogens is 4. The van der Waals surface area contributed by atoms with Gasteiger partial charge in [-0.15, -0.1) is 0 Å². The Balaban J connectivity index is 1.65. The van der Waals surface area contributed by atoms with Gasteiger partial charge in [0, 0.05) is 12.2 Å². The zero-order valence-corrected chi connectivity index (χ0v) is 14.7. The molecular formula is C17H19N5O3S. The third-order valence-corrected chi connectivity index (χ3v) is 5.30. The molecule has 1 aliphatic rings. The number of nitrogens with two attached hydrogens (primary N) is 1. The highest BCUT2D eigenvalue weighted by molar-refractivity contribution is 7.98. The number of thioether (sulfide) groups is 1. The highest BCUT2D eigenvalue weighted by Gasteiger charge is 2.36. The van der Waals surface area contributed by atoms with Crippen LogP contribution in [-0.4, -0.2) is 48.5 Å². The zero-order valence-electron chi connectivity index (χ0n) is 13.9. The lowest BCUT2D eigenvalue weighted by molar-refractivity contribution is -0.0486. The molecule has 4 N–H and O–H groups in total. The minimum absolute atomic E-state index is 0.140. The van der Waals surface area contributed by atoms with E-state index in [2.05, 4.69) is 15.0 Å². The van der Waals surface area contributed by atoms with Gasteiger partial charge in [0.05, 0.1) is 19.0 Å². The van der Waals surface area contributed by atoms with E-state index in [1.54, 1.807) is 10.9 Å². The van der Waals surface area contributed by atoms with Gasteiger partial charge < -0.3 is 20.7 Å². The van der Waals surface area contributed by atoms with E-state index in [1.807, 2.05) is 30.3 Å². The van der Waals surface area contributed by atoms with Crippen LogP contribution in [0.25, 0.3) is 11.2 Å². The second-order valence-corrected chi connectivity index (χ2v) is 7.08. The maximum atomic E-state index is 10.2. The highest BCUT2D eigenvalue weighted by Crippen LogP contribution is 2.33. The lowest BCUT2D eigenvalue weighted by Gasteiger charge is -2.16. The molecule has 1 aromatic carbocycles. The smallest absolute Gasteiger partial charge is 0.223 e. The summed E-state index contributed by atoms with van der Waals surface area (Å²) in [6.07, 6.45) is 0.119. The number of rotatable bonds is 5. The molecule has 0 unspecified atom stereocenters. The molecular weight excluding hydrogens is 354 g/mol. The van der Waals surface area contributed by atoms with E-state index in [-0.39, 0.29) is 12.6 Å². The van der Waals surface area contributed by atoms with Gasteiger partial charge in [0.25, 0.3) is 0 Å². The van der Waals surface area contributed by atoms with Crippen molar-refractivity contribution in [3.63, 3.8) is 0 Å². The molecule has 8 nitrogen and oxygen atoms in total. The fourth-order valence-corrected chi connectivity index (χ4v) is 3.95. The van der Waals surface area contributed by atoms with Crippen LogP contribution in [0.2, 0.25) is 0 Å².